The Morgan fingerprint density at radius 3 is 1.71 bits per heavy atom. The van der Waals surface area contributed by atoms with Crippen LogP contribution in [0, 0.1) is 0 Å². The van der Waals surface area contributed by atoms with Gasteiger partial charge < -0.3 is 1.43 Å². The molecule has 1 aromatic rings. The first kappa shape index (κ1) is 10.7. The maximum Gasteiger partial charge on any atom is 1.00 e. The third-order valence-electron chi connectivity index (χ3n) is 0.425. The Bertz CT molecular complexity index is 72.5. The van der Waals surface area contributed by atoms with E-state index in [4.69, 9.17) is 0 Å². The van der Waals surface area contributed by atoms with Gasteiger partial charge in [0.1, 0.15) is 0 Å². The minimum absolute atomic E-state index is 0. The summed E-state index contributed by atoms with van der Waals surface area (Å²) in [5, 5.41) is 4.08. The predicted molar refractivity (Wildman–Crippen MR) is 35.4 cm³/mol. The van der Waals surface area contributed by atoms with Gasteiger partial charge in [0.25, 0.3) is 0 Å². The number of hydrogen-bond donors (Lipinski definition) is 0. The molecular formula is C4H8AlLiS. The molecule has 0 saturated heterocycles. The summed E-state index contributed by atoms with van der Waals surface area (Å²) >= 11 is 1.71. The molecule has 34 valence electrons. The molecule has 0 saturated carbocycles. The molecule has 0 aliphatic rings. The number of hydrogen-bond acceptors (Lipinski definition) is 1. The molecule has 0 fully saturated rings. The Balaban J connectivity index is -0.0000000833. The van der Waals surface area contributed by atoms with Crippen molar-refractivity contribution in [1.82, 2.24) is 0 Å². The predicted octanol–water partition coefficient (Wildman–Crippen LogP) is -2.32. The molecule has 0 N–H and O–H groups in total. The fraction of sp³-hybridized carbons (Fsp3) is 0. The molecule has 0 nitrogen and oxygen atoms in total. The van der Waals surface area contributed by atoms with Gasteiger partial charge in [0.05, 0.1) is 0 Å². The van der Waals surface area contributed by atoms with Gasteiger partial charge in [0.15, 0.2) is 17.4 Å². The van der Waals surface area contributed by atoms with Crippen LogP contribution < -0.4 is 18.9 Å². The van der Waals surface area contributed by atoms with E-state index in [1.165, 1.54) is 0 Å². The van der Waals surface area contributed by atoms with Crippen molar-refractivity contribution in [2.45, 2.75) is 0 Å². The summed E-state index contributed by atoms with van der Waals surface area (Å²) < 4.78 is 0. The van der Waals surface area contributed by atoms with E-state index in [2.05, 4.69) is 0 Å². The van der Waals surface area contributed by atoms with Gasteiger partial charge in [-0.3, -0.25) is 0 Å². The van der Waals surface area contributed by atoms with Crippen molar-refractivity contribution >= 4 is 28.7 Å². The standard InChI is InChI=1S/C4H4S.Al.Li.4H/c1-2-4-5-3-1;;;;;;/h1-4H;;;;;;/q;;+1;;;;-1. The smallest absolute Gasteiger partial charge is 1.00 e. The van der Waals surface area contributed by atoms with Crippen molar-refractivity contribution in [2.75, 3.05) is 0 Å². The van der Waals surface area contributed by atoms with Crippen molar-refractivity contribution in [3.05, 3.63) is 22.9 Å². The molecule has 0 amide bonds. The molecule has 0 aromatic carbocycles. The SMILES string of the molecule is [AlH3].[H-].[Li+].c1ccsc1. The van der Waals surface area contributed by atoms with E-state index in [0.29, 0.717) is 0 Å². The minimum Gasteiger partial charge on any atom is -1.00 e. The summed E-state index contributed by atoms with van der Waals surface area (Å²) in [6.07, 6.45) is 0. The molecule has 7 heavy (non-hydrogen) atoms. The van der Waals surface area contributed by atoms with E-state index in [-0.39, 0.29) is 37.6 Å². The number of thiophene rings is 1. The van der Waals surface area contributed by atoms with Crippen LogP contribution in [0.2, 0.25) is 0 Å². The number of rotatable bonds is 0. The zero-order valence-electron chi connectivity index (χ0n) is 4.72. The second-order valence-electron chi connectivity index (χ2n) is 0.793. The van der Waals surface area contributed by atoms with Crippen LogP contribution in [0.25, 0.3) is 0 Å². The normalized spacial score (nSPS) is 5.71. The van der Waals surface area contributed by atoms with Gasteiger partial charge in [-0.2, -0.15) is 11.3 Å². The van der Waals surface area contributed by atoms with Crippen LogP contribution in [0.15, 0.2) is 22.9 Å². The van der Waals surface area contributed by atoms with Crippen LogP contribution in [0.3, 0.4) is 0 Å². The van der Waals surface area contributed by atoms with Crippen LogP contribution >= 0.6 is 11.3 Å². The van der Waals surface area contributed by atoms with Crippen molar-refractivity contribution in [1.29, 1.82) is 0 Å². The monoisotopic (exact) mass is 122 g/mol. The summed E-state index contributed by atoms with van der Waals surface area (Å²) in [5.41, 5.74) is 0. The summed E-state index contributed by atoms with van der Waals surface area (Å²) in [4.78, 5) is 0. The largest absolute Gasteiger partial charge is 1.00 e. The van der Waals surface area contributed by atoms with Crippen LogP contribution in [-0.2, 0) is 0 Å². The molecule has 0 spiro atoms. The van der Waals surface area contributed by atoms with Gasteiger partial charge in [-0.25, -0.2) is 0 Å². The molecule has 1 heterocycles. The van der Waals surface area contributed by atoms with Crippen molar-refractivity contribution < 1.29 is 20.3 Å². The van der Waals surface area contributed by atoms with Crippen molar-refractivity contribution in [3.8, 4) is 0 Å². The maximum absolute atomic E-state index is 2.04. The minimum atomic E-state index is 0. The van der Waals surface area contributed by atoms with Crippen LogP contribution in [0.5, 0.6) is 0 Å². The first-order valence-corrected chi connectivity index (χ1v) is 2.41. The Morgan fingerprint density at radius 1 is 1.14 bits per heavy atom. The summed E-state index contributed by atoms with van der Waals surface area (Å²) in [6, 6.07) is 4.04. The quantitative estimate of drug-likeness (QED) is 0.339. The zero-order valence-corrected chi connectivity index (χ0v) is 4.53. The van der Waals surface area contributed by atoms with E-state index < -0.39 is 0 Å². The first-order chi connectivity index (χ1) is 2.50. The van der Waals surface area contributed by atoms with Crippen molar-refractivity contribution in [2.24, 2.45) is 0 Å². The second kappa shape index (κ2) is 6.83. The van der Waals surface area contributed by atoms with Gasteiger partial charge in [-0.1, -0.05) is 12.1 Å². The average Bonchev–Trinajstić information content (AvgIpc) is 1.76. The third kappa shape index (κ3) is 4.69. The van der Waals surface area contributed by atoms with E-state index >= 15 is 0 Å². The Labute approximate surface area is 71.7 Å². The molecule has 0 atom stereocenters. The third-order valence-corrected chi connectivity index (χ3v) is 1.05. The first-order valence-electron chi connectivity index (χ1n) is 1.47. The van der Waals surface area contributed by atoms with Gasteiger partial charge in [0.2, 0.25) is 0 Å². The maximum atomic E-state index is 2.04. The Hall–Kier alpha value is 0.830. The average molecular weight is 122 g/mol. The fourth-order valence-corrected chi connectivity index (χ4v) is 0.680. The summed E-state index contributed by atoms with van der Waals surface area (Å²) in [5.74, 6) is 0. The van der Waals surface area contributed by atoms with Gasteiger partial charge >= 0.3 is 18.9 Å². The molecule has 3 heteroatoms. The topological polar surface area (TPSA) is 0 Å². The van der Waals surface area contributed by atoms with Crippen LogP contribution in [-0.4, -0.2) is 17.4 Å². The summed E-state index contributed by atoms with van der Waals surface area (Å²) in [7, 11) is 0. The fourth-order valence-electron chi connectivity index (χ4n) is 0.227. The second-order valence-corrected chi connectivity index (χ2v) is 1.61. The molecule has 0 unspecified atom stereocenters. The van der Waals surface area contributed by atoms with Gasteiger partial charge in [0, 0.05) is 0 Å². The molecule has 0 radical (unpaired) electrons. The van der Waals surface area contributed by atoms with E-state index in [0.717, 1.165) is 0 Å². The molecular weight excluding hydrogens is 114 g/mol. The summed E-state index contributed by atoms with van der Waals surface area (Å²) in [6.45, 7) is 0. The van der Waals surface area contributed by atoms with Gasteiger partial charge in [-0.05, 0) is 10.8 Å². The van der Waals surface area contributed by atoms with E-state index in [1.54, 1.807) is 11.3 Å². The van der Waals surface area contributed by atoms with E-state index in [1.807, 2.05) is 22.9 Å². The van der Waals surface area contributed by atoms with Crippen LogP contribution in [0.4, 0.5) is 0 Å². The Morgan fingerprint density at radius 2 is 1.57 bits per heavy atom. The Kier molecular flexibility index (Phi) is 10.5. The van der Waals surface area contributed by atoms with Crippen molar-refractivity contribution in [3.63, 3.8) is 0 Å². The molecule has 1 aromatic heterocycles. The molecule has 0 bridgehead atoms. The van der Waals surface area contributed by atoms with E-state index in [9.17, 15) is 0 Å². The zero-order chi connectivity index (χ0) is 3.54. The van der Waals surface area contributed by atoms with Crippen LogP contribution in [0.1, 0.15) is 1.43 Å². The molecule has 0 aliphatic heterocycles. The molecule has 1 rings (SSSR count). The molecule has 0 aliphatic carbocycles. The van der Waals surface area contributed by atoms with Gasteiger partial charge in [-0.15, -0.1) is 0 Å².